The number of aromatic amines is 1. The number of benzene rings is 3. The lowest BCUT2D eigenvalue weighted by Gasteiger charge is -2.23. The van der Waals surface area contributed by atoms with Crippen LogP contribution in [0.5, 0.6) is 0 Å². The highest BCUT2D eigenvalue weighted by Crippen LogP contribution is 2.45. The topological polar surface area (TPSA) is 158 Å². The maximum Gasteiger partial charge on any atom is 0.438 e. The van der Waals surface area contributed by atoms with Crippen molar-refractivity contribution < 1.29 is 13.7 Å². The molecule has 1 amide bonds. The van der Waals surface area contributed by atoms with Crippen LogP contribution in [-0.4, -0.2) is 35.8 Å². The Morgan fingerprint density at radius 2 is 1.84 bits per heavy atom. The van der Waals surface area contributed by atoms with Gasteiger partial charge in [0.1, 0.15) is 28.6 Å². The fraction of sp³-hybridized carbons (Fsp3) is 0.161. The minimum absolute atomic E-state index is 0.135. The lowest BCUT2D eigenvalue weighted by atomic mass is 9.77. The third-order valence-corrected chi connectivity index (χ3v) is 8.23. The Morgan fingerprint density at radius 3 is 2.59 bits per heavy atom. The molecule has 3 aromatic heterocycles. The number of fused-ring (bicyclic) bond motifs is 2. The van der Waals surface area contributed by atoms with Gasteiger partial charge >= 0.3 is 5.76 Å². The zero-order valence-corrected chi connectivity index (χ0v) is 24.0. The number of nitrogens with two attached hydrogens (primary N) is 1. The maximum atomic E-state index is 14.5. The Bertz CT molecular complexity index is 2140. The molecule has 0 aliphatic carbocycles. The maximum absolute atomic E-state index is 14.5. The average molecular weight is 611 g/mol. The summed E-state index contributed by atoms with van der Waals surface area (Å²) in [5, 5.41) is 12.5. The number of carbonyl (C=O) groups is 1. The lowest BCUT2D eigenvalue weighted by molar-refractivity contribution is -0.119. The van der Waals surface area contributed by atoms with E-state index >= 15 is 0 Å². The first kappa shape index (κ1) is 27.5. The normalized spacial score (nSPS) is 15.9. The van der Waals surface area contributed by atoms with Gasteiger partial charge in [-0.15, -0.1) is 0 Å². The van der Waals surface area contributed by atoms with Crippen LogP contribution in [0.3, 0.4) is 0 Å². The molecule has 0 fully saturated rings. The molecule has 220 valence electrons. The highest BCUT2D eigenvalue weighted by Gasteiger charge is 2.47. The van der Waals surface area contributed by atoms with Crippen molar-refractivity contribution in [3.05, 3.63) is 116 Å². The molecule has 3 aromatic carbocycles. The van der Waals surface area contributed by atoms with Crippen molar-refractivity contribution in [2.75, 3.05) is 11.1 Å². The first-order valence-electron chi connectivity index (χ1n) is 13.7. The van der Waals surface area contributed by atoms with Crippen molar-refractivity contribution in [2.24, 2.45) is 0 Å². The van der Waals surface area contributed by atoms with Gasteiger partial charge in [0, 0.05) is 22.4 Å². The summed E-state index contributed by atoms with van der Waals surface area (Å²) in [5.41, 5.74) is 9.12. The number of nitrogens with one attached hydrogen (secondary N) is 2. The van der Waals surface area contributed by atoms with Crippen LogP contribution in [0.4, 0.5) is 16.0 Å². The molecule has 44 heavy (non-hydrogen) atoms. The van der Waals surface area contributed by atoms with Crippen molar-refractivity contribution >= 4 is 40.0 Å². The molecule has 1 atom stereocenters. The van der Waals surface area contributed by atoms with Crippen molar-refractivity contribution in [1.29, 1.82) is 0 Å². The molecule has 0 saturated heterocycles. The van der Waals surface area contributed by atoms with Gasteiger partial charge in [0.25, 0.3) is 0 Å². The van der Waals surface area contributed by atoms with Gasteiger partial charge in [0.2, 0.25) is 5.91 Å². The van der Waals surface area contributed by atoms with E-state index < -0.39 is 11.2 Å². The average Bonchev–Trinajstić information content (AvgIpc) is 3.67. The van der Waals surface area contributed by atoms with Gasteiger partial charge in [-0.25, -0.2) is 19.2 Å². The highest BCUT2D eigenvalue weighted by atomic mass is 35.5. The third kappa shape index (κ3) is 4.60. The van der Waals surface area contributed by atoms with Crippen molar-refractivity contribution in [3.8, 4) is 11.5 Å². The second-order valence-corrected chi connectivity index (χ2v) is 11.2. The van der Waals surface area contributed by atoms with Crippen LogP contribution in [0.25, 0.3) is 22.4 Å². The molecule has 0 unspecified atom stereocenters. The fourth-order valence-corrected chi connectivity index (χ4v) is 5.81. The minimum atomic E-state index is -1.15. The van der Waals surface area contributed by atoms with Crippen LogP contribution in [0.1, 0.15) is 35.0 Å². The lowest BCUT2D eigenvalue weighted by Crippen LogP contribution is -2.33. The van der Waals surface area contributed by atoms with Gasteiger partial charge < -0.3 is 11.1 Å². The van der Waals surface area contributed by atoms with E-state index in [-0.39, 0.29) is 29.9 Å². The minimum Gasteiger partial charge on any atom is -0.383 e. The number of carbonyl (C=O) groups excluding carboxylic acids is 1. The molecule has 11 nitrogen and oxygen atoms in total. The molecule has 6 aromatic rings. The van der Waals surface area contributed by atoms with Crippen LogP contribution in [0.15, 0.2) is 76.0 Å². The predicted molar refractivity (Wildman–Crippen MR) is 162 cm³/mol. The standard InChI is InChI=1S/C31H24ClFN8O3/c1-31(18-9-6-16(7-10-18)8-13-23-35-30(43)44-40-23)24-26(34)36-28(37-27(24)38-29(31)42)25-20-12-11-19(32)14-22(20)41(39-25)15-17-4-2-3-5-21(17)33/h2-7,9-12,14H,8,13,15H2,1H3,(H,35,40,43)(H3,34,36,37,38,42)/t31-/m1/s1. The number of aromatic nitrogens is 6. The summed E-state index contributed by atoms with van der Waals surface area (Å²) in [7, 11) is 0. The number of halogens is 2. The number of nitrogens with zero attached hydrogens (tertiary/aromatic N) is 5. The summed E-state index contributed by atoms with van der Waals surface area (Å²) in [6, 6.07) is 19.3. The van der Waals surface area contributed by atoms with Crippen molar-refractivity contribution in [1.82, 2.24) is 29.9 Å². The zero-order valence-electron chi connectivity index (χ0n) is 23.3. The summed E-state index contributed by atoms with van der Waals surface area (Å²) in [6.45, 7) is 1.94. The molecule has 13 heteroatoms. The quantitative estimate of drug-likeness (QED) is 0.236. The monoisotopic (exact) mass is 610 g/mol. The molecular weight excluding hydrogens is 587 g/mol. The van der Waals surface area contributed by atoms with E-state index in [1.165, 1.54) is 6.07 Å². The zero-order chi connectivity index (χ0) is 30.6. The van der Waals surface area contributed by atoms with Crippen LogP contribution in [0.2, 0.25) is 5.02 Å². The number of nitrogen functional groups attached to an aromatic ring is 1. The highest BCUT2D eigenvalue weighted by molar-refractivity contribution is 6.31. The van der Waals surface area contributed by atoms with Crippen LogP contribution >= 0.6 is 11.6 Å². The predicted octanol–water partition coefficient (Wildman–Crippen LogP) is 4.64. The molecule has 1 aliphatic heterocycles. The van der Waals surface area contributed by atoms with Gasteiger partial charge in [0.15, 0.2) is 11.6 Å². The first-order valence-corrected chi connectivity index (χ1v) is 14.1. The molecule has 1 aliphatic rings. The number of H-pyrrole nitrogens is 1. The number of hydrogen-bond donors (Lipinski definition) is 3. The van der Waals surface area contributed by atoms with E-state index in [4.69, 9.17) is 27.4 Å². The molecule has 0 bridgehead atoms. The molecule has 0 radical (unpaired) electrons. The third-order valence-electron chi connectivity index (χ3n) is 7.99. The van der Waals surface area contributed by atoms with Crippen LogP contribution in [-0.2, 0) is 29.6 Å². The van der Waals surface area contributed by atoms with Crippen LogP contribution in [0, 0.1) is 5.82 Å². The van der Waals surface area contributed by atoms with Gasteiger partial charge in [-0.05, 0) is 48.7 Å². The smallest absolute Gasteiger partial charge is 0.383 e. The van der Waals surface area contributed by atoms with E-state index in [0.29, 0.717) is 62.8 Å². The Labute approximate surface area is 253 Å². The number of anilines is 2. The molecule has 7 rings (SSSR count). The van der Waals surface area contributed by atoms with Gasteiger partial charge in [-0.2, -0.15) is 5.10 Å². The van der Waals surface area contributed by atoms with Crippen molar-refractivity contribution in [2.45, 2.75) is 31.7 Å². The van der Waals surface area contributed by atoms with E-state index in [1.54, 1.807) is 48.0 Å². The van der Waals surface area contributed by atoms with E-state index in [9.17, 15) is 14.0 Å². The summed E-state index contributed by atoms with van der Waals surface area (Å²) in [5.74, 6) is -0.124. The first-order chi connectivity index (χ1) is 21.2. The Hall–Kier alpha value is -5.36. The number of hydrogen-bond acceptors (Lipinski definition) is 8. The second-order valence-electron chi connectivity index (χ2n) is 10.7. The second kappa shape index (κ2) is 10.4. The Balaban J connectivity index is 1.24. The van der Waals surface area contributed by atoms with Gasteiger partial charge in [-0.3, -0.25) is 19.0 Å². The number of aryl methyl sites for hydroxylation is 2. The molecule has 4 N–H and O–H groups in total. The van der Waals surface area contributed by atoms with E-state index in [1.807, 2.05) is 24.3 Å². The summed E-state index contributed by atoms with van der Waals surface area (Å²) >= 11 is 6.31. The molecule has 0 saturated carbocycles. The van der Waals surface area contributed by atoms with Crippen molar-refractivity contribution in [3.63, 3.8) is 0 Å². The summed E-state index contributed by atoms with van der Waals surface area (Å²) in [4.78, 5) is 36.5. The van der Waals surface area contributed by atoms with E-state index in [0.717, 1.165) is 5.56 Å². The molecular formula is C31H24ClFN8O3. The summed E-state index contributed by atoms with van der Waals surface area (Å²) in [6.07, 6.45) is 1.10. The number of rotatable bonds is 7. The van der Waals surface area contributed by atoms with Crippen LogP contribution < -0.4 is 16.8 Å². The molecule has 4 heterocycles. The Morgan fingerprint density at radius 1 is 1.05 bits per heavy atom. The fourth-order valence-electron chi connectivity index (χ4n) is 5.65. The molecule has 0 spiro atoms. The SMILES string of the molecule is C[C@]1(c2ccc(CCc3noc(=O)[nH]3)cc2)C(=O)Nc2nc(-c3nn(Cc4ccccc4F)c4cc(Cl)ccc34)nc(N)c21. The van der Waals surface area contributed by atoms with Gasteiger partial charge in [0.05, 0.1) is 17.6 Å². The Kier molecular flexibility index (Phi) is 6.51. The van der Waals surface area contributed by atoms with E-state index in [2.05, 4.69) is 25.0 Å². The van der Waals surface area contributed by atoms with Gasteiger partial charge in [-0.1, -0.05) is 59.2 Å². The number of amides is 1. The summed E-state index contributed by atoms with van der Waals surface area (Å²) < 4.78 is 20.7. The largest absolute Gasteiger partial charge is 0.438 e.